The molecule has 0 fully saturated rings. The number of halogens is 1. The Kier molecular flexibility index (Phi) is 2.86. The Hall–Kier alpha value is -1.36. The minimum atomic E-state index is -0.431. The van der Waals surface area contributed by atoms with Gasteiger partial charge in [0.15, 0.2) is 0 Å². The molecule has 1 aliphatic rings. The lowest BCUT2D eigenvalue weighted by molar-refractivity contribution is 0.539. The van der Waals surface area contributed by atoms with E-state index < -0.39 is 5.83 Å². The van der Waals surface area contributed by atoms with Crippen LogP contribution in [0, 0.1) is 22.2 Å². The van der Waals surface area contributed by atoms with Crippen molar-refractivity contribution in [3.05, 3.63) is 35.7 Å². The van der Waals surface area contributed by atoms with E-state index in [4.69, 9.17) is 5.26 Å². The quantitative estimate of drug-likeness (QED) is 0.550. The fraction of sp³-hybridized carbons (Fsp3) is 0.462. The molecule has 80 valence electrons. The summed E-state index contributed by atoms with van der Waals surface area (Å²) in [6.45, 7) is 7.74. The predicted octanol–water partition coefficient (Wildman–Crippen LogP) is 3.91. The fourth-order valence-electron chi connectivity index (χ4n) is 1.46. The highest BCUT2D eigenvalue weighted by Gasteiger charge is 2.22. The van der Waals surface area contributed by atoms with E-state index in [2.05, 4.69) is 0 Å². The summed E-state index contributed by atoms with van der Waals surface area (Å²) in [4.78, 5) is 0. The van der Waals surface area contributed by atoms with Gasteiger partial charge in [-0.15, -0.1) is 0 Å². The normalized spacial score (nSPS) is 32.3. The first-order valence-electron chi connectivity index (χ1n) is 4.98. The highest BCUT2D eigenvalue weighted by atomic mass is 19.1. The van der Waals surface area contributed by atoms with Crippen LogP contribution in [0.15, 0.2) is 35.7 Å². The van der Waals surface area contributed by atoms with Crippen molar-refractivity contribution in [3.63, 3.8) is 0 Å². The largest absolute Gasteiger partial charge is 0.206 e. The van der Waals surface area contributed by atoms with Gasteiger partial charge in [0, 0.05) is 10.8 Å². The molecule has 1 aliphatic carbocycles. The van der Waals surface area contributed by atoms with E-state index >= 15 is 0 Å². The van der Waals surface area contributed by atoms with E-state index in [1.807, 2.05) is 45.9 Å². The molecule has 2 heteroatoms. The highest BCUT2D eigenvalue weighted by Crippen LogP contribution is 2.33. The van der Waals surface area contributed by atoms with Gasteiger partial charge in [-0.1, -0.05) is 45.9 Å². The summed E-state index contributed by atoms with van der Waals surface area (Å²) >= 11 is 0. The Morgan fingerprint density at radius 3 is 2.00 bits per heavy atom. The first-order chi connectivity index (χ1) is 6.76. The van der Waals surface area contributed by atoms with Crippen molar-refractivity contribution in [2.45, 2.75) is 27.7 Å². The minimum absolute atomic E-state index is 0.123. The second-order valence-corrected chi connectivity index (χ2v) is 5.14. The first-order valence-corrected chi connectivity index (χ1v) is 4.98. The predicted molar refractivity (Wildman–Crippen MR) is 59.6 cm³/mol. The molecular weight excluding hydrogens is 189 g/mol. The molecule has 0 aromatic rings. The number of hydrogen-bond acceptors (Lipinski definition) is 1. The van der Waals surface area contributed by atoms with Crippen LogP contribution in [-0.4, -0.2) is 0 Å². The van der Waals surface area contributed by atoms with E-state index in [1.165, 1.54) is 6.08 Å². The molecule has 0 aromatic carbocycles. The van der Waals surface area contributed by atoms with Crippen LogP contribution in [0.3, 0.4) is 0 Å². The van der Waals surface area contributed by atoms with Crippen molar-refractivity contribution in [2.75, 3.05) is 0 Å². The maximum Gasteiger partial charge on any atom is 0.137 e. The summed E-state index contributed by atoms with van der Waals surface area (Å²) in [5, 5.41) is 8.86. The van der Waals surface area contributed by atoms with Crippen LogP contribution < -0.4 is 0 Å². The van der Waals surface area contributed by atoms with Crippen LogP contribution in [0.1, 0.15) is 27.7 Å². The molecule has 0 radical (unpaired) electrons. The van der Waals surface area contributed by atoms with Gasteiger partial charge in [-0.05, 0) is 6.08 Å². The third kappa shape index (κ3) is 3.06. The van der Waals surface area contributed by atoms with E-state index in [9.17, 15) is 4.39 Å². The number of allylic oxidation sites excluding steroid dienone is 6. The van der Waals surface area contributed by atoms with Crippen LogP contribution in [0.2, 0.25) is 0 Å². The second-order valence-electron chi connectivity index (χ2n) is 5.14. The Bertz CT molecular complexity index is 389. The van der Waals surface area contributed by atoms with Crippen molar-refractivity contribution in [1.82, 2.24) is 0 Å². The standard InChI is InChI=1S/C13H16FN/c1-12(2)5-6-13(3,4)8-11(14)10(7-12)9-15/h5-8H,1-4H3/b6-5-,10-7-,11-8+. The molecule has 0 heterocycles. The van der Waals surface area contributed by atoms with Gasteiger partial charge in [0.2, 0.25) is 0 Å². The van der Waals surface area contributed by atoms with Gasteiger partial charge in [0.25, 0.3) is 0 Å². The molecule has 0 spiro atoms. The molecule has 1 rings (SSSR count). The van der Waals surface area contributed by atoms with Crippen molar-refractivity contribution in [3.8, 4) is 6.07 Å². The average Bonchev–Trinajstić information content (AvgIpc) is 2.09. The van der Waals surface area contributed by atoms with Crippen molar-refractivity contribution in [2.24, 2.45) is 10.8 Å². The Labute approximate surface area is 90.6 Å². The molecule has 0 aliphatic heterocycles. The Morgan fingerprint density at radius 1 is 1.07 bits per heavy atom. The van der Waals surface area contributed by atoms with E-state index in [0.717, 1.165) is 0 Å². The number of hydrogen-bond donors (Lipinski definition) is 0. The van der Waals surface area contributed by atoms with Crippen LogP contribution in [-0.2, 0) is 0 Å². The molecule has 1 nitrogen and oxygen atoms in total. The lowest BCUT2D eigenvalue weighted by Gasteiger charge is -2.23. The van der Waals surface area contributed by atoms with Crippen LogP contribution in [0.4, 0.5) is 4.39 Å². The van der Waals surface area contributed by atoms with Crippen LogP contribution in [0.5, 0.6) is 0 Å². The zero-order chi connectivity index (χ0) is 11.7. The Morgan fingerprint density at radius 2 is 1.53 bits per heavy atom. The van der Waals surface area contributed by atoms with Gasteiger partial charge < -0.3 is 0 Å². The molecule has 0 unspecified atom stereocenters. The third-order valence-electron chi connectivity index (χ3n) is 2.34. The molecule has 0 saturated heterocycles. The Balaban J connectivity index is 3.34. The lowest BCUT2D eigenvalue weighted by Crippen LogP contribution is -2.12. The lowest BCUT2D eigenvalue weighted by atomic mass is 9.82. The molecule has 0 bridgehead atoms. The molecule has 0 atom stereocenters. The summed E-state index contributed by atoms with van der Waals surface area (Å²) in [5.74, 6) is -0.431. The van der Waals surface area contributed by atoms with Crippen LogP contribution in [0.25, 0.3) is 0 Å². The minimum Gasteiger partial charge on any atom is -0.206 e. The molecule has 0 N–H and O–H groups in total. The van der Waals surface area contributed by atoms with Crippen molar-refractivity contribution < 1.29 is 4.39 Å². The SMILES string of the molecule is CC1(C)/C=C\C(C)(C)/C=C(F)\C(C#N)=C/1. The molecule has 0 aromatic heterocycles. The molecule has 15 heavy (non-hydrogen) atoms. The number of nitrogens with zero attached hydrogens (tertiary/aromatic N) is 1. The topological polar surface area (TPSA) is 23.8 Å². The molecule has 0 amide bonds. The zero-order valence-corrected chi connectivity index (χ0v) is 9.63. The summed E-state index contributed by atoms with van der Waals surface area (Å²) in [7, 11) is 0. The van der Waals surface area contributed by atoms with Gasteiger partial charge in [-0.25, -0.2) is 4.39 Å². The highest BCUT2D eigenvalue weighted by molar-refractivity contribution is 5.42. The molecule has 0 saturated carbocycles. The average molecular weight is 205 g/mol. The molecular formula is C13H16FN. The van der Waals surface area contributed by atoms with E-state index in [1.54, 1.807) is 6.08 Å². The summed E-state index contributed by atoms with van der Waals surface area (Å²) < 4.78 is 13.7. The van der Waals surface area contributed by atoms with Gasteiger partial charge in [0.05, 0.1) is 5.57 Å². The number of rotatable bonds is 0. The first kappa shape index (κ1) is 11.7. The summed E-state index contributed by atoms with van der Waals surface area (Å²) in [5.41, 5.74) is -0.511. The van der Waals surface area contributed by atoms with Gasteiger partial charge >= 0.3 is 0 Å². The maximum absolute atomic E-state index is 13.7. The summed E-state index contributed by atoms with van der Waals surface area (Å²) in [6.07, 6.45) is 7.11. The zero-order valence-electron chi connectivity index (χ0n) is 9.63. The van der Waals surface area contributed by atoms with Gasteiger partial charge in [0.1, 0.15) is 11.9 Å². The van der Waals surface area contributed by atoms with Crippen molar-refractivity contribution in [1.29, 1.82) is 5.26 Å². The van der Waals surface area contributed by atoms with Gasteiger partial charge in [-0.2, -0.15) is 5.26 Å². The van der Waals surface area contributed by atoms with E-state index in [0.29, 0.717) is 0 Å². The smallest absolute Gasteiger partial charge is 0.137 e. The second kappa shape index (κ2) is 3.66. The monoisotopic (exact) mass is 205 g/mol. The summed E-state index contributed by atoms with van der Waals surface area (Å²) in [6, 6.07) is 1.90. The number of nitriles is 1. The van der Waals surface area contributed by atoms with Crippen LogP contribution >= 0.6 is 0 Å². The van der Waals surface area contributed by atoms with Gasteiger partial charge in [-0.3, -0.25) is 0 Å². The third-order valence-corrected chi connectivity index (χ3v) is 2.34. The maximum atomic E-state index is 13.7. The van der Waals surface area contributed by atoms with E-state index in [-0.39, 0.29) is 16.4 Å². The van der Waals surface area contributed by atoms with Crippen molar-refractivity contribution >= 4 is 0 Å². The fourth-order valence-corrected chi connectivity index (χ4v) is 1.46.